The average molecular weight is 308 g/mol. The van der Waals surface area contributed by atoms with Crippen LogP contribution in [0.5, 0.6) is 0 Å². The van der Waals surface area contributed by atoms with Crippen molar-refractivity contribution in [3.63, 3.8) is 0 Å². The SMILES string of the molecule is CN(C[C@H]1CCCCO1)C(=O)Cn1ncc(N(C)C)cc1=O. The maximum absolute atomic E-state index is 12.2. The summed E-state index contributed by atoms with van der Waals surface area (Å²) in [6.45, 7) is 1.28. The van der Waals surface area contributed by atoms with Gasteiger partial charge in [-0.05, 0) is 19.3 Å². The van der Waals surface area contributed by atoms with Gasteiger partial charge < -0.3 is 14.5 Å². The van der Waals surface area contributed by atoms with Gasteiger partial charge >= 0.3 is 0 Å². The third-order valence-electron chi connectivity index (χ3n) is 3.83. The van der Waals surface area contributed by atoms with Gasteiger partial charge in [-0.3, -0.25) is 9.59 Å². The zero-order chi connectivity index (χ0) is 16.1. The molecule has 0 spiro atoms. The van der Waals surface area contributed by atoms with Crippen LogP contribution in [0.25, 0.3) is 0 Å². The molecule has 0 bridgehead atoms. The van der Waals surface area contributed by atoms with Gasteiger partial charge in [-0.1, -0.05) is 0 Å². The highest BCUT2D eigenvalue weighted by atomic mass is 16.5. The lowest BCUT2D eigenvalue weighted by atomic mass is 10.1. The van der Waals surface area contributed by atoms with Gasteiger partial charge in [-0.15, -0.1) is 0 Å². The fourth-order valence-electron chi connectivity index (χ4n) is 2.39. The molecule has 7 heteroatoms. The van der Waals surface area contributed by atoms with Gasteiger partial charge in [0.25, 0.3) is 5.56 Å². The third-order valence-corrected chi connectivity index (χ3v) is 3.83. The zero-order valence-corrected chi connectivity index (χ0v) is 13.5. The molecule has 0 unspecified atom stereocenters. The maximum atomic E-state index is 12.2. The normalized spacial score (nSPS) is 18.0. The van der Waals surface area contributed by atoms with Crippen LogP contribution in [0.4, 0.5) is 5.69 Å². The van der Waals surface area contributed by atoms with E-state index in [1.54, 1.807) is 23.0 Å². The molecule has 1 aromatic rings. The summed E-state index contributed by atoms with van der Waals surface area (Å²) in [5.41, 5.74) is 0.444. The zero-order valence-electron chi connectivity index (χ0n) is 13.5. The van der Waals surface area contributed by atoms with Gasteiger partial charge in [0.1, 0.15) is 6.54 Å². The largest absolute Gasteiger partial charge is 0.376 e. The average Bonchev–Trinajstić information content (AvgIpc) is 2.50. The molecule has 122 valence electrons. The smallest absolute Gasteiger partial charge is 0.269 e. The fraction of sp³-hybridized carbons (Fsp3) is 0.667. The number of anilines is 1. The molecule has 0 N–H and O–H groups in total. The van der Waals surface area contributed by atoms with E-state index in [1.165, 1.54) is 10.7 Å². The Labute approximate surface area is 130 Å². The first-order valence-electron chi connectivity index (χ1n) is 7.57. The summed E-state index contributed by atoms with van der Waals surface area (Å²) >= 11 is 0. The standard InChI is InChI=1S/C15H24N4O3/c1-17(2)12-8-14(20)19(16-9-12)11-15(21)18(3)10-13-6-4-5-7-22-13/h8-9,13H,4-7,10-11H2,1-3H3/t13-/m1/s1. The lowest BCUT2D eigenvalue weighted by Crippen LogP contribution is -2.40. The molecular weight excluding hydrogens is 284 g/mol. The highest BCUT2D eigenvalue weighted by Gasteiger charge is 2.19. The summed E-state index contributed by atoms with van der Waals surface area (Å²) in [4.78, 5) is 27.6. The van der Waals surface area contributed by atoms with E-state index in [2.05, 4.69) is 5.10 Å². The lowest BCUT2D eigenvalue weighted by Gasteiger charge is -2.27. The Morgan fingerprint density at radius 3 is 2.77 bits per heavy atom. The van der Waals surface area contributed by atoms with Crippen LogP contribution in [0, 0.1) is 0 Å². The van der Waals surface area contributed by atoms with E-state index in [9.17, 15) is 9.59 Å². The van der Waals surface area contributed by atoms with Crippen molar-refractivity contribution < 1.29 is 9.53 Å². The molecule has 22 heavy (non-hydrogen) atoms. The second-order valence-electron chi connectivity index (χ2n) is 5.87. The molecule has 1 aromatic heterocycles. The Hall–Kier alpha value is -1.89. The lowest BCUT2D eigenvalue weighted by molar-refractivity contribution is -0.133. The van der Waals surface area contributed by atoms with Gasteiger partial charge in [0.15, 0.2) is 0 Å². The van der Waals surface area contributed by atoms with E-state index in [4.69, 9.17) is 4.74 Å². The van der Waals surface area contributed by atoms with Crippen molar-refractivity contribution in [2.24, 2.45) is 0 Å². The monoisotopic (exact) mass is 308 g/mol. The Balaban J connectivity index is 1.94. The molecule has 1 atom stereocenters. The summed E-state index contributed by atoms with van der Waals surface area (Å²) < 4.78 is 6.82. The summed E-state index contributed by atoms with van der Waals surface area (Å²) in [7, 11) is 5.41. The third kappa shape index (κ3) is 4.30. The van der Waals surface area contributed by atoms with Crippen molar-refractivity contribution >= 4 is 11.6 Å². The second kappa shape index (κ2) is 7.40. The first kappa shape index (κ1) is 16.5. The minimum absolute atomic E-state index is 0.0459. The molecule has 1 saturated heterocycles. The Kier molecular flexibility index (Phi) is 5.54. The number of ether oxygens (including phenoxy) is 1. The number of hydrogen-bond donors (Lipinski definition) is 0. The Morgan fingerprint density at radius 1 is 1.41 bits per heavy atom. The predicted molar refractivity (Wildman–Crippen MR) is 84.1 cm³/mol. The van der Waals surface area contributed by atoms with Gasteiger partial charge in [0.2, 0.25) is 5.91 Å². The van der Waals surface area contributed by atoms with Crippen molar-refractivity contribution in [2.45, 2.75) is 31.9 Å². The summed E-state index contributed by atoms with van der Waals surface area (Å²) in [5, 5.41) is 4.05. The molecule has 2 heterocycles. The highest BCUT2D eigenvalue weighted by Crippen LogP contribution is 2.13. The number of carbonyl (C=O) groups excluding carboxylic acids is 1. The number of hydrogen-bond acceptors (Lipinski definition) is 5. The van der Waals surface area contributed by atoms with E-state index < -0.39 is 0 Å². The van der Waals surface area contributed by atoms with Gasteiger partial charge in [-0.2, -0.15) is 5.10 Å². The van der Waals surface area contributed by atoms with Gasteiger partial charge in [0, 0.05) is 40.4 Å². The van der Waals surface area contributed by atoms with Gasteiger partial charge in [0.05, 0.1) is 18.0 Å². The van der Waals surface area contributed by atoms with Crippen LogP contribution in [0.15, 0.2) is 17.1 Å². The number of amides is 1. The molecule has 7 nitrogen and oxygen atoms in total. The molecule has 2 rings (SSSR count). The summed E-state index contributed by atoms with van der Waals surface area (Å²) in [5.74, 6) is -0.138. The maximum Gasteiger partial charge on any atom is 0.269 e. The second-order valence-corrected chi connectivity index (χ2v) is 5.87. The molecule has 0 radical (unpaired) electrons. The van der Waals surface area contributed by atoms with Crippen molar-refractivity contribution in [1.29, 1.82) is 0 Å². The minimum Gasteiger partial charge on any atom is -0.376 e. The van der Waals surface area contributed by atoms with E-state index in [1.807, 2.05) is 14.1 Å². The van der Waals surface area contributed by atoms with Crippen molar-refractivity contribution in [3.05, 3.63) is 22.6 Å². The van der Waals surface area contributed by atoms with E-state index in [0.29, 0.717) is 6.54 Å². The Morgan fingerprint density at radius 2 is 2.18 bits per heavy atom. The van der Waals surface area contributed by atoms with Crippen LogP contribution in [0.3, 0.4) is 0 Å². The molecule has 1 aliphatic heterocycles. The van der Waals surface area contributed by atoms with Crippen LogP contribution in [0.1, 0.15) is 19.3 Å². The molecule has 0 aromatic carbocycles. The highest BCUT2D eigenvalue weighted by molar-refractivity contribution is 5.75. The molecule has 0 aliphatic carbocycles. The van der Waals surface area contributed by atoms with Crippen molar-refractivity contribution in [2.75, 3.05) is 39.2 Å². The van der Waals surface area contributed by atoms with Crippen LogP contribution in [-0.2, 0) is 16.1 Å². The molecule has 0 saturated carbocycles. The van der Waals surface area contributed by atoms with Crippen LogP contribution in [0.2, 0.25) is 0 Å². The molecular formula is C15H24N4O3. The number of carbonyl (C=O) groups is 1. The number of likely N-dealkylation sites (N-methyl/N-ethyl adjacent to an activating group) is 1. The fourth-order valence-corrected chi connectivity index (χ4v) is 2.39. The van der Waals surface area contributed by atoms with E-state index >= 15 is 0 Å². The number of rotatable bonds is 5. The topological polar surface area (TPSA) is 67.7 Å². The molecule has 1 amide bonds. The van der Waals surface area contributed by atoms with Gasteiger partial charge in [-0.25, -0.2) is 4.68 Å². The molecule has 1 fully saturated rings. The summed E-state index contributed by atoms with van der Waals surface area (Å²) in [6.07, 6.45) is 4.89. The van der Waals surface area contributed by atoms with Crippen LogP contribution < -0.4 is 10.5 Å². The first-order valence-corrected chi connectivity index (χ1v) is 7.57. The predicted octanol–water partition coefficient (Wildman–Crippen LogP) is 0.337. The van der Waals surface area contributed by atoms with Crippen LogP contribution >= 0.6 is 0 Å². The van der Waals surface area contributed by atoms with Crippen LogP contribution in [-0.4, -0.2) is 61.0 Å². The minimum atomic E-state index is -0.276. The Bertz CT molecular complexity index is 564. The first-order chi connectivity index (χ1) is 10.5. The summed E-state index contributed by atoms with van der Waals surface area (Å²) in [6, 6.07) is 1.48. The number of nitrogens with zero attached hydrogens (tertiary/aromatic N) is 4. The van der Waals surface area contributed by atoms with Crippen molar-refractivity contribution in [3.8, 4) is 0 Å². The van der Waals surface area contributed by atoms with E-state index in [0.717, 1.165) is 31.6 Å². The number of aromatic nitrogens is 2. The van der Waals surface area contributed by atoms with E-state index in [-0.39, 0.29) is 24.1 Å². The van der Waals surface area contributed by atoms with Crippen molar-refractivity contribution in [1.82, 2.24) is 14.7 Å². The quantitative estimate of drug-likeness (QED) is 0.784. The molecule has 1 aliphatic rings.